The summed E-state index contributed by atoms with van der Waals surface area (Å²) in [4.78, 5) is 14.8. The number of carbonyl (C=O) groups is 1. The minimum atomic E-state index is -0.0218. The highest BCUT2D eigenvalue weighted by atomic mass is 16.5. The topological polar surface area (TPSA) is 29.5 Å². The standard InChI is InChI=1S/C16H23NO2/c1-13(17-11-5-3-4-6-12-17)16(18)14-7-9-15(19-2)10-8-14/h7-10,13H,3-6,11-12H2,1-2H3. The summed E-state index contributed by atoms with van der Waals surface area (Å²) in [5.41, 5.74) is 0.776. The van der Waals surface area contributed by atoms with Gasteiger partial charge in [-0.1, -0.05) is 12.8 Å². The SMILES string of the molecule is COc1ccc(C(=O)C(C)N2CCCCCC2)cc1. The minimum Gasteiger partial charge on any atom is -0.497 e. The van der Waals surface area contributed by atoms with Crippen molar-refractivity contribution in [3.8, 4) is 5.75 Å². The van der Waals surface area contributed by atoms with Crippen molar-refractivity contribution in [2.45, 2.75) is 38.6 Å². The van der Waals surface area contributed by atoms with E-state index in [1.165, 1.54) is 25.7 Å². The molecule has 1 aromatic rings. The van der Waals surface area contributed by atoms with E-state index in [4.69, 9.17) is 4.74 Å². The van der Waals surface area contributed by atoms with Gasteiger partial charge in [0.25, 0.3) is 0 Å². The van der Waals surface area contributed by atoms with Crippen molar-refractivity contribution in [1.82, 2.24) is 4.90 Å². The molecule has 19 heavy (non-hydrogen) atoms. The van der Waals surface area contributed by atoms with Gasteiger partial charge in [0, 0.05) is 5.56 Å². The van der Waals surface area contributed by atoms with Crippen LogP contribution < -0.4 is 4.74 Å². The van der Waals surface area contributed by atoms with Gasteiger partial charge in [-0.15, -0.1) is 0 Å². The van der Waals surface area contributed by atoms with E-state index >= 15 is 0 Å². The van der Waals surface area contributed by atoms with Gasteiger partial charge in [0.1, 0.15) is 5.75 Å². The fourth-order valence-corrected chi connectivity index (χ4v) is 2.64. The Kier molecular flexibility index (Phi) is 4.97. The lowest BCUT2D eigenvalue weighted by molar-refractivity contribution is 0.0843. The summed E-state index contributed by atoms with van der Waals surface area (Å²) in [6.07, 6.45) is 5.00. The average molecular weight is 261 g/mol. The molecule has 3 nitrogen and oxygen atoms in total. The Morgan fingerprint density at radius 2 is 1.68 bits per heavy atom. The number of nitrogens with zero attached hydrogens (tertiary/aromatic N) is 1. The molecule has 0 amide bonds. The lowest BCUT2D eigenvalue weighted by Crippen LogP contribution is -2.39. The third kappa shape index (κ3) is 3.57. The van der Waals surface area contributed by atoms with E-state index in [2.05, 4.69) is 4.90 Å². The quantitative estimate of drug-likeness (QED) is 0.780. The van der Waals surface area contributed by atoms with E-state index in [1.807, 2.05) is 31.2 Å². The zero-order valence-electron chi connectivity index (χ0n) is 11.9. The van der Waals surface area contributed by atoms with Crippen molar-refractivity contribution in [2.75, 3.05) is 20.2 Å². The van der Waals surface area contributed by atoms with E-state index in [9.17, 15) is 4.79 Å². The number of Topliss-reactive ketones (excluding diaryl/α,β-unsaturated/α-hetero) is 1. The van der Waals surface area contributed by atoms with Gasteiger partial charge >= 0.3 is 0 Å². The molecule has 2 rings (SSSR count). The fraction of sp³-hybridized carbons (Fsp3) is 0.562. The van der Waals surface area contributed by atoms with Crippen molar-refractivity contribution in [2.24, 2.45) is 0 Å². The molecule has 0 radical (unpaired) electrons. The molecule has 1 aromatic carbocycles. The Morgan fingerprint density at radius 1 is 1.11 bits per heavy atom. The number of ketones is 1. The Balaban J connectivity index is 2.04. The number of hydrogen-bond acceptors (Lipinski definition) is 3. The smallest absolute Gasteiger partial charge is 0.179 e. The molecule has 0 saturated carbocycles. The third-order valence-electron chi connectivity index (χ3n) is 3.94. The summed E-state index contributed by atoms with van der Waals surface area (Å²) in [6, 6.07) is 7.39. The van der Waals surface area contributed by atoms with Crippen LogP contribution in [0.1, 0.15) is 43.0 Å². The largest absolute Gasteiger partial charge is 0.497 e. The van der Waals surface area contributed by atoms with Crippen molar-refractivity contribution in [1.29, 1.82) is 0 Å². The average Bonchev–Trinajstić information content (AvgIpc) is 2.75. The van der Waals surface area contributed by atoms with Crippen LogP contribution in [0.15, 0.2) is 24.3 Å². The fourth-order valence-electron chi connectivity index (χ4n) is 2.64. The molecule has 0 aliphatic carbocycles. The van der Waals surface area contributed by atoms with Crippen molar-refractivity contribution >= 4 is 5.78 Å². The number of ether oxygens (including phenoxy) is 1. The Morgan fingerprint density at radius 3 is 2.21 bits per heavy atom. The van der Waals surface area contributed by atoms with Crippen molar-refractivity contribution in [3.05, 3.63) is 29.8 Å². The highest BCUT2D eigenvalue weighted by Crippen LogP contribution is 2.17. The molecule has 1 aliphatic rings. The Labute approximate surface area is 115 Å². The van der Waals surface area contributed by atoms with Crippen LogP contribution in [0.5, 0.6) is 5.75 Å². The second kappa shape index (κ2) is 6.71. The first kappa shape index (κ1) is 14.1. The van der Waals surface area contributed by atoms with Crippen LogP contribution in [0.3, 0.4) is 0 Å². The summed E-state index contributed by atoms with van der Waals surface area (Å²) >= 11 is 0. The molecule has 0 N–H and O–H groups in total. The number of methoxy groups -OCH3 is 1. The molecule has 0 aromatic heterocycles. The van der Waals surface area contributed by atoms with Gasteiger partial charge in [-0.3, -0.25) is 9.69 Å². The van der Waals surface area contributed by atoms with Gasteiger partial charge in [0.05, 0.1) is 13.2 Å². The van der Waals surface area contributed by atoms with E-state index in [-0.39, 0.29) is 11.8 Å². The molecule has 1 fully saturated rings. The third-order valence-corrected chi connectivity index (χ3v) is 3.94. The number of rotatable bonds is 4. The maximum atomic E-state index is 12.5. The minimum absolute atomic E-state index is 0.0218. The Bertz CT molecular complexity index is 405. The van der Waals surface area contributed by atoms with Crippen LogP contribution in [0.25, 0.3) is 0 Å². The molecule has 1 aliphatic heterocycles. The lowest BCUT2D eigenvalue weighted by Gasteiger charge is -2.26. The van der Waals surface area contributed by atoms with Gasteiger partial charge in [0.2, 0.25) is 0 Å². The first-order valence-electron chi connectivity index (χ1n) is 7.14. The number of likely N-dealkylation sites (tertiary alicyclic amines) is 1. The molecule has 1 heterocycles. The second-order valence-electron chi connectivity index (χ2n) is 5.22. The first-order chi connectivity index (χ1) is 9.22. The van der Waals surface area contributed by atoms with Gasteiger partial charge in [0.15, 0.2) is 5.78 Å². The van der Waals surface area contributed by atoms with E-state index < -0.39 is 0 Å². The van der Waals surface area contributed by atoms with Crippen LogP contribution in [0, 0.1) is 0 Å². The second-order valence-corrected chi connectivity index (χ2v) is 5.22. The molecule has 1 atom stereocenters. The normalized spacial score (nSPS) is 18.6. The molecule has 0 bridgehead atoms. The predicted octanol–water partition coefficient (Wildman–Crippen LogP) is 3.14. The number of benzene rings is 1. The van der Waals surface area contributed by atoms with Gasteiger partial charge in [-0.05, 0) is 57.1 Å². The van der Waals surface area contributed by atoms with Crippen LogP contribution in [0.4, 0.5) is 0 Å². The lowest BCUT2D eigenvalue weighted by atomic mass is 10.0. The van der Waals surface area contributed by atoms with Crippen LogP contribution in [-0.4, -0.2) is 36.9 Å². The van der Waals surface area contributed by atoms with Crippen LogP contribution >= 0.6 is 0 Å². The molecule has 0 spiro atoms. The van der Waals surface area contributed by atoms with E-state index in [0.717, 1.165) is 24.4 Å². The van der Waals surface area contributed by atoms with Crippen molar-refractivity contribution < 1.29 is 9.53 Å². The molecule has 1 saturated heterocycles. The molecular formula is C16H23NO2. The zero-order chi connectivity index (χ0) is 13.7. The molecule has 104 valence electrons. The van der Waals surface area contributed by atoms with Crippen LogP contribution in [0.2, 0.25) is 0 Å². The summed E-state index contributed by atoms with van der Waals surface area (Å²) < 4.78 is 5.12. The highest BCUT2D eigenvalue weighted by Gasteiger charge is 2.22. The molecule has 1 unspecified atom stereocenters. The predicted molar refractivity (Wildman–Crippen MR) is 76.8 cm³/mol. The van der Waals surface area contributed by atoms with Crippen LogP contribution in [-0.2, 0) is 0 Å². The molecular weight excluding hydrogens is 238 g/mol. The Hall–Kier alpha value is -1.35. The van der Waals surface area contributed by atoms with E-state index in [1.54, 1.807) is 7.11 Å². The molecule has 3 heteroatoms. The summed E-state index contributed by atoms with van der Waals surface area (Å²) in [7, 11) is 1.64. The maximum absolute atomic E-state index is 12.5. The van der Waals surface area contributed by atoms with Crippen molar-refractivity contribution in [3.63, 3.8) is 0 Å². The van der Waals surface area contributed by atoms with E-state index in [0.29, 0.717) is 0 Å². The zero-order valence-corrected chi connectivity index (χ0v) is 11.9. The number of carbonyl (C=O) groups excluding carboxylic acids is 1. The highest BCUT2D eigenvalue weighted by molar-refractivity contribution is 5.99. The van der Waals surface area contributed by atoms with Gasteiger partial charge < -0.3 is 4.74 Å². The summed E-state index contributed by atoms with van der Waals surface area (Å²) in [5.74, 6) is 1.00. The maximum Gasteiger partial charge on any atom is 0.179 e. The van der Waals surface area contributed by atoms with Gasteiger partial charge in [-0.2, -0.15) is 0 Å². The summed E-state index contributed by atoms with van der Waals surface area (Å²) in [5, 5.41) is 0. The first-order valence-corrected chi connectivity index (χ1v) is 7.14. The summed E-state index contributed by atoms with van der Waals surface area (Å²) in [6.45, 7) is 4.12. The van der Waals surface area contributed by atoms with Gasteiger partial charge in [-0.25, -0.2) is 0 Å². The monoisotopic (exact) mass is 261 g/mol. The number of hydrogen-bond donors (Lipinski definition) is 0.